The van der Waals surface area contributed by atoms with Gasteiger partial charge < -0.3 is 9.73 Å². The molecular weight excluding hydrogens is 258 g/mol. The van der Waals surface area contributed by atoms with Crippen LogP contribution in [0.1, 0.15) is 10.6 Å². The number of carbonyl (C=O) groups excluding carboxylic acids is 1. The summed E-state index contributed by atoms with van der Waals surface area (Å²) in [6.45, 7) is 0. The lowest BCUT2D eigenvalue weighted by Crippen LogP contribution is -2.11. The van der Waals surface area contributed by atoms with Crippen LogP contribution < -0.4 is 5.32 Å². The van der Waals surface area contributed by atoms with Crippen LogP contribution in [-0.2, 0) is 0 Å². The zero-order valence-corrected chi connectivity index (χ0v) is 10.6. The molecule has 0 saturated carbocycles. The summed E-state index contributed by atoms with van der Waals surface area (Å²) in [4.78, 5) is 12.8. The molecule has 1 N–H and O–H groups in total. The van der Waals surface area contributed by atoms with E-state index in [-0.39, 0.29) is 11.7 Å². The monoisotopic (exact) mass is 267 g/mol. The fraction of sp³-hybridized carbons (Fsp3) is 0.0833. The van der Waals surface area contributed by atoms with Crippen LogP contribution in [0, 0.1) is 0 Å². The van der Waals surface area contributed by atoms with Gasteiger partial charge in [-0.05, 0) is 36.6 Å². The Morgan fingerprint density at radius 3 is 2.88 bits per heavy atom. The molecule has 0 unspecified atom stereocenters. The van der Waals surface area contributed by atoms with Crippen molar-refractivity contribution in [2.75, 3.05) is 11.6 Å². The minimum Gasteiger partial charge on any atom is -0.459 e. The number of anilines is 1. The summed E-state index contributed by atoms with van der Waals surface area (Å²) >= 11 is 7.44. The Hall–Kier alpha value is -1.39. The zero-order chi connectivity index (χ0) is 12.3. The van der Waals surface area contributed by atoms with Crippen LogP contribution in [-0.4, -0.2) is 12.2 Å². The van der Waals surface area contributed by atoms with Crippen LogP contribution in [0.3, 0.4) is 0 Å². The van der Waals surface area contributed by atoms with Crippen molar-refractivity contribution in [3.05, 3.63) is 47.4 Å². The van der Waals surface area contributed by atoms with Gasteiger partial charge in [0.15, 0.2) is 5.76 Å². The van der Waals surface area contributed by atoms with E-state index in [0.717, 1.165) is 4.90 Å². The number of hydrogen-bond donors (Lipinski definition) is 1. The molecule has 0 fully saturated rings. The van der Waals surface area contributed by atoms with Crippen LogP contribution in [0.4, 0.5) is 5.69 Å². The summed E-state index contributed by atoms with van der Waals surface area (Å²) in [7, 11) is 0. The second-order valence-corrected chi connectivity index (χ2v) is 4.56. The van der Waals surface area contributed by atoms with E-state index in [4.69, 9.17) is 16.0 Å². The number of nitrogens with one attached hydrogen (secondary N) is 1. The molecule has 0 aliphatic heterocycles. The third-order valence-corrected chi connectivity index (χ3v) is 3.19. The lowest BCUT2D eigenvalue weighted by molar-refractivity contribution is 0.0996. The van der Waals surface area contributed by atoms with E-state index in [2.05, 4.69) is 5.32 Å². The predicted molar refractivity (Wildman–Crippen MR) is 69.9 cm³/mol. The van der Waals surface area contributed by atoms with E-state index < -0.39 is 0 Å². The molecule has 2 aromatic rings. The van der Waals surface area contributed by atoms with Crippen molar-refractivity contribution in [2.24, 2.45) is 0 Å². The summed E-state index contributed by atoms with van der Waals surface area (Å²) in [6.07, 6.45) is 3.40. The fourth-order valence-corrected chi connectivity index (χ4v) is 2.08. The van der Waals surface area contributed by atoms with Crippen molar-refractivity contribution in [1.29, 1.82) is 0 Å². The van der Waals surface area contributed by atoms with Crippen molar-refractivity contribution < 1.29 is 9.21 Å². The third kappa shape index (κ3) is 2.84. The first-order chi connectivity index (χ1) is 8.20. The molecule has 0 atom stereocenters. The van der Waals surface area contributed by atoms with Gasteiger partial charge in [0.05, 0.1) is 12.0 Å². The Labute approximate surface area is 108 Å². The van der Waals surface area contributed by atoms with Gasteiger partial charge in [-0.3, -0.25) is 4.79 Å². The maximum atomic E-state index is 11.8. The summed E-state index contributed by atoms with van der Waals surface area (Å²) in [6, 6.07) is 8.65. The molecule has 1 heterocycles. The molecule has 0 bridgehead atoms. The maximum absolute atomic E-state index is 11.8. The second-order valence-electron chi connectivity index (χ2n) is 3.28. The number of furan rings is 1. The standard InChI is InChI=1S/C12H10ClNO2S/c1-17-11-5-4-8(13)7-9(11)14-12(15)10-3-2-6-16-10/h2-7H,1H3,(H,14,15). The number of carbonyl (C=O) groups is 1. The van der Waals surface area contributed by atoms with Gasteiger partial charge in [0.25, 0.3) is 5.91 Å². The Kier molecular flexibility index (Phi) is 3.76. The van der Waals surface area contributed by atoms with E-state index in [0.29, 0.717) is 10.7 Å². The number of benzene rings is 1. The zero-order valence-electron chi connectivity index (χ0n) is 9.07. The second kappa shape index (κ2) is 5.29. The van der Waals surface area contributed by atoms with E-state index in [9.17, 15) is 4.79 Å². The molecule has 17 heavy (non-hydrogen) atoms. The van der Waals surface area contributed by atoms with Gasteiger partial charge in [0, 0.05) is 9.92 Å². The van der Waals surface area contributed by atoms with Crippen LogP contribution in [0.15, 0.2) is 45.9 Å². The minimum absolute atomic E-state index is 0.275. The van der Waals surface area contributed by atoms with Gasteiger partial charge in [-0.25, -0.2) is 0 Å². The summed E-state index contributed by atoms with van der Waals surface area (Å²) in [5.74, 6) is -0.00963. The fourth-order valence-electron chi connectivity index (χ4n) is 1.37. The molecule has 5 heteroatoms. The van der Waals surface area contributed by atoms with Gasteiger partial charge in [-0.15, -0.1) is 11.8 Å². The van der Waals surface area contributed by atoms with Crippen molar-refractivity contribution in [3.8, 4) is 0 Å². The number of thioether (sulfide) groups is 1. The van der Waals surface area contributed by atoms with Crippen molar-refractivity contribution in [2.45, 2.75) is 4.90 Å². The van der Waals surface area contributed by atoms with Crippen molar-refractivity contribution >= 4 is 35.0 Å². The van der Waals surface area contributed by atoms with Crippen LogP contribution in [0.25, 0.3) is 0 Å². The highest BCUT2D eigenvalue weighted by Gasteiger charge is 2.11. The molecular formula is C12H10ClNO2S. The summed E-state index contributed by atoms with van der Waals surface area (Å²) < 4.78 is 5.02. The average Bonchev–Trinajstić information content (AvgIpc) is 2.83. The number of amides is 1. The SMILES string of the molecule is CSc1ccc(Cl)cc1NC(=O)c1ccco1. The molecule has 0 saturated heterocycles. The lowest BCUT2D eigenvalue weighted by atomic mass is 10.3. The number of rotatable bonds is 3. The van der Waals surface area contributed by atoms with Gasteiger partial charge in [0.2, 0.25) is 0 Å². The van der Waals surface area contributed by atoms with Crippen LogP contribution >= 0.6 is 23.4 Å². The highest BCUT2D eigenvalue weighted by atomic mass is 35.5. The minimum atomic E-state index is -0.285. The highest BCUT2D eigenvalue weighted by Crippen LogP contribution is 2.28. The highest BCUT2D eigenvalue weighted by molar-refractivity contribution is 7.98. The number of halogens is 1. The normalized spacial score (nSPS) is 10.2. The molecule has 0 radical (unpaired) electrons. The number of hydrogen-bond acceptors (Lipinski definition) is 3. The molecule has 1 aromatic heterocycles. The van der Waals surface area contributed by atoms with Gasteiger partial charge in [-0.1, -0.05) is 11.6 Å². The molecule has 88 valence electrons. The maximum Gasteiger partial charge on any atom is 0.291 e. The smallest absolute Gasteiger partial charge is 0.291 e. The summed E-state index contributed by atoms with van der Waals surface area (Å²) in [5, 5.41) is 3.35. The molecule has 0 spiro atoms. The summed E-state index contributed by atoms with van der Waals surface area (Å²) in [5.41, 5.74) is 0.686. The molecule has 0 aliphatic carbocycles. The molecule has 2 rings (SSSR count). The molecule has 1 aromatic carbocycles. The largest absolute Gasteiger partial charge is 0.459 e. The van der Waals surface area contributed by atoms with E-state index in [1.54, 1.807) is 24.3 Å². The van der Waals surface area contributed by atoms with E-state index >= 15 is 0 Å². The van der Waals surface area contributed by atoms with Crippen molar-refractivity contribution in [1.82, 2.24) is 0 Å². The van der Waals surface area contributed by atoms with Crippen molar-refractivity contribution in [3.63, 3.8) is 0 Å². The Balaban J connectivity index is 2.23. The first kappa shape index (κ1) is 12.1. The van der Waals surface area contributed by atoms with E-state index in [1.807, 2.05) is 12.3 Å². The average molecular weight is 268 g/mol. The quantitative estimate of drug-likeness (QED) is 0.858. The molecule has 3 nitrogen and oxygen atoms in total. The Morgan fingerprint density at radius 1 is 1.41 bits per heavy atom. The Morgan fingerprint density at radius 2 is 2.24 bits per heavy atom. The van der Waals surface area contributed by atoms with Gasteiger partial charge in [-0.2, -0.15) is 0 Å². The van der Waals surface area contributed by atoms with E-state index in [1.165, 1.54) is 18.0 Å². The third-order valence-electron chi connectivity index (χ3n) is 2.15. The van der Waals surface area contributed by atoms with Gasteiger partial charge >= 0.3 is 0 Å². The lowest BCUT2D eigenvalue weighted by Gasteiger charge is -2.08. The van der Waals surface area contributed by atoms with Gasteiger partial charge in [0.1, 0.15) is 0 Å². The first-order valence-electron chi connectivity index (χ1n) is 4.89. The van der Waals surface area contributed by atoms with Crippen LogP contribution in [0.2, 0.25) is 5.02 Å². The Bertz CT molecular complexity index is 525. The predicted octanol–water partition coefficient (Wildman–Crippen LogP) is 3.91. The first-order valence-corrected chi connectivity index (χ1v) is 6.49. The van der Waals surface area contributed by atoms with Crippen LogP contribution in [0.5, 0.6) is 0 Å². The topological polar surface area (TPSA) is 42.2 Å². The molecule has 0 aliphatic rings. The molecule has 1 amide bonds.